The number of sulfone groups is 1. The third-order valence-electron chi connectivity index (χ3n) is 6.14. The monoisotopic (exact) mass is 594 g/mol. The second kappa shape index (κ2) is 11.3. The molecule has 0 spiro atoms. The summed E-state index contributed by atoms with van der Waals surface area (Å²) in [4.78, 5) is 24.9. The van der Waals surface area contributed by atoms with Crippen LogP contribution >= 0.6 is 0 Å². The molecule has 0 fully saturated rings. The van der Waals surface area contributed by atoms with Gasteiger partial charge in [0.15, 0.2) is 0 Å². The van der Waals surface area contributed by atoms with Crippen LogP contribution in [0.4, 0.5) is 22.0 Å². The van der Waals surface area contributed by atoms with Crippen molar-refractivity contribution in [3.63, 3.8) is 0 Å². The predicted octanol–water partition coefficient (Wildman–Crippen LogP) is 4.76. The molecular weight excluding hydrogens is 575 g/mol. The lowest BCUT2D eigenvalue weighted by Crippen LogP contribution is -2.25. The van der Waals surface area contributed by atoms with E-state index in [0.29, 0.717) is 22.3 Å². The number of carbonyl (C=O) groups excluding carboxylic acids is 1. The fraction of sp³-hybridized carbons (Fsp3) is 0.231. The van der Waals surface area contributed by atoms with Crippen LogP contribution in [-0.2, 0) is 27.7 Å². The lowest BCUT2D eigenvalue weighted by Gasteiger charge is -2.15. The minimum Gasteiger partial charge on any atom is -0.417 e. The summed E-state index contributed by atoms with van der Waals surface area (Å²) in [5.74, 6) is -1.18. The molecule has 0 aliphatic carbocycles. The van der Waals surface area contributed by atoms with Crippen molar-refractivity contribution in [3.8, 4) is 17.3 Å². The molecule has 0 bridgehead atoms. The van der Waals surface area contributed by atoms with Crippen LogP contribution in [0.1, 0.15) is 33.6 Å². The molecule has 0 radical (unpaired) electrons. The summed E-state index contributed by atoms with van der Waals surface area (Å²) in [7, 11) is -4.67. The predicted molar refractivity (Wildman–Crippen MR) is 134 cm³/mol. The minimum absolute atomic E-state index is 0.195. The maximum atomic E-state index is 14.2. The van der Waals surface area contributed by atoms with E-state index in [1.165, 1.54) is 24.4 Å². The van der Waals surface area contributed by atoms with Crippen molar-refractivity contribution >= 4 is 26.6 Å². The summed E-state index contributed by atoms with van der Waals surface area (Å²) in [5.41, 5.74) is -2.67. The number of aromatic nitrogens is 3. The first-order valence-electron chi connectivity index (χ1n) is 11.9. The van der Waals surface area contributed by atoms with E-state index in [2.05, 4.69) is 25.0 Å². The van der Waals surface area contributed by atoms with Crippen molar-refractivity contribution in [2.45, 2.75) is 36.6 Å². The number of ether oxygens (including phenoxy) is 2. The van der Waals surface area contributed by atoms with Crippen LogP contribution in [0.25, 0.3) is 22.3 Å². The van der Waals surface area contributed by atoms with Crippen molar-refractivity contribution in [3.05, 3.63) is 77.1 Å². The third-order valence-corrected chi connectivity index (χ3v) is 7.92. The van der Waals surface area contributed by atoms with Gasteiger partial charge in [-0.25, -0.2) is 31.6 Å². The van der Waals surface area contributed by atoms with Crippen molar-refractivity contribution in [1.29, 1.82) is 0 Å². The molecule has 214 valence electrons. The van der Waals surface area contributed by atoms with E-state index in [1.807, 2.05) is 0 Å². The molecule has 5 rings (SSSR count). The van der Waals surface area contributed by atoms with Crippen molar-refractivity contribution in [2.75, 3.05) is 6.61 Å². The average molecular weight is 595 g/mol. The summed E-state index contributed by atoms with van der Waals surface area (Å²) in [6.45, 7) is -4.61. The highest BCUT2D eigenvalue weighted by Crippen LogP contribution is 2.34. The number of nitrogens with zero attached hydrogens (tertiary/aromatic N) is 3. The molecule has 4 heterocycles. The summed E-state index contributed by atoms with van der Waals surface area (Å²) in [6, 6.07) is 10.8. The fourth-order valence-corrected chi connectivity index (χ4v) is 5.53. The van der Waals surface area contributed by atoms with E-state index in [9.17, 15) is 35.2 Å². The minimum atomic E-state index is -4.67. The van der Waals surface area contributed by atoms with Gasteiger partial charge in [0.25, 0.3) is 12.3 Å². The SMILES string of the molecule is O=C(NCc1cc2nc(-c3cccc(OC(F)F)n3)ccc2cn1)c1cc(C(F)F)c2c(c1)S(=O)(=O)[C@@H](F)COC2. The molecule has 1 aliphatic heterocycles. The number of fused-ring (bicyclic) bond motifs is 2. The Morgan fingerprint density at radius 2 is 1.85 bits per heavy atom. The number of hydrogen-bond donors (Lipinski definition) is 1. The maximum absolute atomic E-state index is 14.2. The molecule has 9 nitrogen and oxygen atoms in total. The van der Waals surface area contributed by atoms with Gasteiger partial charge in [0.2, 0.25) is 21.2 Å². The highest BCUT2D eigenvalue weighted by Gasteiger charge is 2.36. The van der Waals surface area contributed by atoms with E-state index in [-0.39, 0.29) is 18.1 Å². The summed E-state index contributed by atoms with van der Waals surface area (Å²) >= 11 is 0. The van der Waals surface area contributed by atoms with Crippen LogP contribution in [0.5, 0.6) is 5.88 Å². The van der Waals surface area contributed by atoms with Crippen molar-refractivity contribution in [1.82, 2.24) is 20.3 Å². The summed E-state index contributed by atoms with van der Waals surface area (Å²) in [5, 5.41) is 3.10. The van der Waals surface area contributed by atoms with Crippen LogP contribution in [0.2, 0.25) is 0 Å². The van der Waals surface area contributed by atoms with E-state index in [1.54, 1.807) is 18.2 Å². The number of nitrogens with one attached hydrogen (secondary N) is 1. The fourth-order valence-electron chi connectivity index (χ4n) is 4.17. The number of carbonyl (C=O) groups is 1. The number of hydrogen-bond acceptors (Lipinski definition) is 8. The highest BCUT2D eigenvalue weighted by atomic mass is 32.2. The number of alkyl halides is 5. The first-order valence-corrected chi connectivity index (χ1v) is 13.4. The second-order valence-electron chi connectivity index (χ2n) is 8.80. The van der Waals surface area contributed by atoms with E-state index in [0.717, 1.165) is 12.1 Å². The van der Waals surface area contributed by atoms with Crippen LogP contribution in [0.3, 0.4) is 0 Å². The zero-order chi connectivity index (χ0) is 29.3. The Morgan fingerprint density at radius 3 is 2.61 bits per heavy atom. The smallest absolute Gasteiger partial charge is 0.388 e. The number of benzene rings is 1. The largest absolute Gasteiger partial charge is 0.417 e. The van der Waals surface area contributed by atoms with Gasteiger partial charge < -0.3 is 14.8 Å². The molecular formula is C26H19F5N4O5S. The topological polar surface area (TPSA) is 120 Å². The molecule has 1 N–H and O–H groups in total. The van der Waals surface area contributed by atoms with Gasteiger partial charge in [0, 0.05) is 34.3 Å². The molecule has 0 saturated heterocycles. The van der Waals surface area contributed by atoms with Gasteiger partial charge in [0.1, 0.15) is 0 Å². The van der Waals surface area contributed by atoms with Crippen LogP contribution in [0.15, 0.2) is 59.6 Å². The number of amides is 1. The van der Waals surface area contributed by atoms with Gasteiger partial charge in [0.05, 0.1) is 47.3 Å². The molecule has 15 heteroatoms. The zero-order valence-electron chi connectivity index (χ0n) is 20.7. The molecule has 1 aromatic carbocycles. The lowest BCUT2D eigenvalue weighted by molar-refractivity contribution is -0.0527. The molecule has 1 aliphatic rings. The van der Waals surface area contributed by atoms with E-state index in [4.69, 9.17) is 4.74 Å². The number of pyridine rings is 3. The highest BCUT2D eigenvalue weighted by molar-refractivity contribution is 7.92. The van der Waals surface area contributed by atoms with Gasteiger partial charge in [-0.3, -0.25) is 9.78 Å². The van der Waals surface area contributed by atoms with Crippen molar-refractivity contribution in [2.24, 2.45) is 0 Å². The Bertz CT molecular complexity index is 1740. The van der Waals surface area contributed by atoms with Gasteiger partial charge in [-0.05, 0) is 36.4 Å². The Morgan fingerprint density at radius 1 is 1.07 bits per heavy atom. The van der Waals surface area contributed by atoms with Gasteiger partial charge in [-0.2, -0.15) is 8.78 Å². The normalized spacial score (nSPS) is 16.4. The van der Waals surface area contributed by atoms with E-state index >= 15 is 0 Å². The molecule has 41 heavy (non-hydrogen) atoms. The average Bonchev–Trinajstić information content (AvgIpc) is 3.05. The first-order chi connectivity index (χ1) is 19.5. The van der Waals surface area contributed by atoms with Gasteiger partial charge in [-0.15, -0.1) is 0 Å². The van der Waals surface area contributed by atoms with Crippen LogP contribution in [0, 0.1) is 0 Å². The standard InChI is InChI=1S/C26H19F5N4O5S/c27-22-12-39-11-17-16(24(28)29)6-14(7-21(17)41(22,37)38)25(36)33-10-15-8-20-13(9-32-15)4-5-19(34-20)18-2-1-3-23(35-18)40-26(30)31/h1-9,22,24,26H,10-12H2,(H,33,36)/t22-/m1/s1. The van der Waals surface area contributed by atoms with Crippen LogP contribution < -0.4 is 10.1 Å². The molecule has 3 aromatic heterocycles. The lowest BCUT2D eigenvalue weighted by atomic mass is 10.0. The molecule has 1 atom stereocenters. The second-order valence-corrected chi connectivity index (χ2v) is 10.8. The Labute approximate surface area is 229 Å². The molecule has 1 amide bonds. The number of rotatable bonds is 7. The van der Waals surface area contributed by atoms with Crippen LogP contribution in [-0.4, -0.2) is 48.0 Å². The quantitative estimate of drug-likeness (QED) is 0.304. The van der Waals surface area contributed by atoms with Gasteiger partial charge in [-0.1, -0.05) is 6.07 Å². The van der Waals surface area contributed by atoms with Gasteiger partial charge >= 0.3 is 6.61 Å². The maximum Gasteiger partial charge on any atom is 0.388 e. The third kappa shape index (κ3) is 5.95. The van der Waals surface area contributed by atoms with Crippen molar-refractivity contribution < 1.29 is 44.6 Å². The summed E-state index contributed by atoms with van der Waals surface area (Å²) in [6.07, 6.45) is -1.67. The number of halogens is 5. The molecule has 0 saturated carbocycles. The Balaban J connectivity index is 1.39. The molecule has 4 aromatic rings. The summed E-state index contributed by atoms with van der Waals surface area (Å²) < 4.78 is 101. The Hall–Kier alpha value is -4.24. The zero-order valence-corrected chi connectivity index (χ0v) is 21.5. The van der Waals surface area contributed by atoms with E-state index < -0.39 is 69.1 Å². The molecule has 0 unspecified atom stereocenters. The Kier molecular flexibility index (Phi) is 7.82. The first kappa shape index (κ1) is 28.3.